The van der Waals surface area contributed by atoms with Gasteiger partial charge in [0.25, 0.3) is 5.69 Å². The number of nitrogens with zero attached hydrogens (tertiary/aromatic N) is 1. The lowest BCUT2D eigenvalue weighted by Gasteiger charge is -2.22. The van der Waals surface area contributed by atoms with E-state index in [9.17, 15) is 28.1 Å². The molecule has 1 aliphatic heterocycles. The van der Waals surface area contributed by atoms with Crippen molar-refractivity contribution in [2.45, 2.75) is 30.5 Å². The maximum absolute atomic E-state index is 12.8. The number of thioether (sulfide) groups is 1. The molecule has 3 rings (SSSR count). The minimum atomic E-state index is -4.69. The van der Waals surface area contributed by atoms with Crippen LogP contribution in [0.15, 0.2) is 41.3 Å². The summed E-state index contributed by atoms with van der Waals surface area (Å²) in [6, 6.07) is 7.29. The van der Waals surface area contributed by atoms with Gasteiger partial charge in [-0.25, -0.2) is 0 Å². The second kappa shape index (κ2) is 9.46. The van der Waals surface area contributed by atoms with E-state index in [2.05, 4.69) is 5.32 Å². The number of nitro groups is 1. The van der Waals surface area contributed by atoms with E-state index in [1.54, 1.807) is 12.1 Å². The number of alkyl halides is 3. The molecular weight excluding hydrogens is 437 g/mol. The van der Waals surface area contributed by atoms with Crippen LogP contribution in [-0.2, 0) is 11.0 Å². The van der Waals surface area contributed by atoms with Crippen molar-refractivity contribution in [3.05, 3.63) is 57.6 Å². The molecule has 0 bridgehead atoms. The molecule has 1 atom stereocenters. The molecule has 31 heavy (non-hydrogen) atoms. The second-order valence-corrected chi connectivity index (χ2v) is 7.67. The summed E-state index contributed by atoms with van der Waals surface area (Å²) in [5.74, 6) is 0.626. The predicted molar refractivity (Wildman–Crippen MR) is 107 cm³/mol. The number of hydrogen-bond acceptors (Lipinski definition) is 6. The van der Waals surface area contributed by atoms with E-state index in [1.165, 1.54) is 0 Å². The van der Waals surface area contributed by atoms with Crippen LogP contribution in [-0.4, -0.2) is 29.8 Å². The Kier molecular flexibility index (Phi) is 6.94. The number of nitrogens with one attached hydrogen (secondary N) is 1. The van der Waals surface area contributed by atoms with Gasteiger partial charge in [0, 0.05) is 6.07 Å². The molecule has 1 amide bonds. The standard InChI is InChI=1S/C20H19F3N2O5S/c1-2-14(12-3-5-16-17(9-12)30-8-7-29-16)24-19(26)11-31-18-6-4-13(20(21,22)23)10-15(18)25(27)28/h3-6,9-10,14H,2,7-8,11H2,1H3,(H,24,26). The number of halogens is 3. The van der Waals surface area contributed by atoms with E-state index in [4.69, 9.17) is 9.47 Å². The van der Waals surface area contributed by atoms with E-state index < -0.39 is 28.3 Å². The molecule has 0 aromatic heterocycles. The minimum Gasteiger partial charge on any atom is -0.486 e. The van der Waals surface area contributed by atoms with Crippen molar-refractivity contribution in [1.82, 2.24) is 5.32 Å². The highest BCUT2D eigenvalue weighted by atomic mass is 32.2. The first kappa shape index (κ1) is 22.7. The zero-order chi connectivity index (χ0) is 22.6. The molecule has 1 unspecified atom stereocenters. The molecule has 0 aliphatic carbocycles. The maximum atomic E-state index is 12.8. The Hall–Kier alpha value is -2.95. The average Bonchev–Trinajstić information content (AvgIpc) is 2.74. The molecule has 0 spiro atoms. The molecular formula is C20H19F3N2O5S. The van der Waals surface area contributed by atoms with Gasteiger partial charge in [0.05, 0.1) is 27.2 Å². The van der Waals surface area contributed by atoms with Crippen LogP contribution in [0.5, 0.6) is 11.5 Å². The van der Waals surface area contributed by atoms with Crippen LogP contribution >= 0.6 is 11.8 Å². The van der Waals surface area contributed by atoms with Gasteiger partial charge in [0.1, 0.15) is 13.2 Å². The van der Waals surface area contributed by atoms with Crippen molar-refractivity contribution in [1.29, 1.82) is 0 Å². The summed E-state index contributed by atoms with van der Waals surface area (Å²) in [5.41, 5.74) is -0.991. The highest BCUT2D eigenvalue weighted by molar-refractivity contribution is 8.00. The molecule has 0 radical (unpaired) electrons. The summed E-state index contributed by atoms with van der Waals surface area (Å²) in [5, 5.41) is 14.0. The van der Waals surface area contributed by atoms with Gasteiger partial charge in [-0.2, -0.15) is 13.2 Å². The van der Waals surface area contributed by atoms with Crippen LogP contribution in [0, 0.1) is 10.1 Å². The SMILES string of the molecule is CCC(NC(=O)CSc1ccc(C(F)(F)F)cc1[N+](=O)[O-])c1ccc2c(c1)OCCO2. The van der Waals surface area contributed by atoms with Gasteiger partial charge in [-0.1, -0.05) is 13.0 Å². The van der Waals surface area contributed by atoms with E-state index >= 15 is 0 Å². The van der Waals surface area contributed by atoms with Gasteiger partial charge in [0.15, 0.2) is 11.5 Å². The first-order chi connectivity index (χ1) is 14.7. The van der Waals surface area contributed by atoms with Crippen LogP contribution in [0.3, 0.4) is 0 Å². The van der Waals surface area contributed by atoms with E-state index in [0.717, 1.165) is 29.5 Å². The van der Waals surface area contributed by atoms with Gasteiger partial charge in [0.2, 0.25) is 5.91 Å². The summed E-state index contributed by atoms with van der Waals surface area (Å²) < 4.78 is 49.5. The molecule has 1 aliphatic rings. The van der Waals surface area contributed by atoms with Gasteiger partial charge in [-0.15, -0.1) is 11.8 Å². The van der Waals surface area contributed by atoms with Crippen molar-refractivity contribution in [3.63, 3.8) is 0 Å². The number of carbonyl (C=O) groups is 1. The fourth-order valence-corrected chi connectivity index (χ4v) is 3.85. The van der Waals surface area contributed by atoms with Crippen LogP contribution in [0.25, 0.3) is 0 Å². The summed E-state index contributed by atoms with van der Waals surface area (Å²) in [7, 11) is 0. The van der Waals surface area contributed by atoms with E-state index in [-0.39, 0.29) is 16.7 Å². The number of nitro benzene ring substituents is 1. The highest BCUT2D eigenvalue weighted by Gasteiger charge is 2.33. The number of ether oxygens (including phenoxy) is 2. The third kappa shape index (κ3) is 5.60. The Balaban J connectivity index is 1.67. The van der Waals surface area contributed by atoms with Crippen LogP contribution < -0.4 is 14.8 Å². The second-order valence-electron chi connectivity index (χ2n) is 6.66. The highest BCUT2D eigenvalue weighted by Crippen LogP contribution is 2.37. The number of benzene rings is 2. The maximum Gasteiger partial charge on any atom is 0.416 e. The lowest BCUT2D eigenvalue weighted by Crippen LogP contribution is -2.29. The topological polar surface area (TPSA) is 90.7 Å². The number of carbonyl (C=O) groups excluding carboxylic acids is 1. The fourth-order valence-electron chi connectivity index (χ4n) is 3.04. The largest absolute Gasteiger partial charge is 0.486 e. The van der Waals surface area contributed by atoms with Gasteiger partial charge in [-0.3, -0.25) is 14.9 Å². The van der Waals surface area contributed by atoms with Crippen molar-refractivity contribution in [2.24, 2.45) is 0 Å². The Morgan fingerprint density at radius 3 is 2.55 bits per heavy atom. The summed E-state index contributed by atoms with van der Waals surface area (Å²) in [6.45, 7) is 2.78. The smallest absolute Gasteiger partial charge is 0.416 e. The number of fused-ring (bicyclic) bond motifs is 1. The third-order valence-corrected chi connectivity index (χ3v) is 5.62. The molecule has 0 fully saturated rings. The monoisotopic (exact) mass is 456 g/mol. The third-order valence-electron chi connectivity index (χ3n) is 4.55. The number of hydrogen-bond donors (Lipinski definition) is 1. The molecule has 166 valence electrons. The predicted octanol–water partition coefficient (Wildman–Crippen LogP) is 4.74. The van der Waals surface area contributed by atoms with E-state index in [0.29, 0.717) is 37.2 Å². The Bertz CT molecular complexity index is 984. The molecule has 1 heterocycles. The minimum absolute atomic E-state index is 0.0134. The lowest BCUT2D eigenvalue weighted by atomic mass is 10.0. The summed E-state index contributed by atoms with van der Waals surface area (Å²) in [4.78, 5) is 22.7. The molecule has 1 N–H and O–H groups in total. The molecule has 2 aromatic rings. The van der Waals surface area contributed by atoms with Crippen molar-refractivity contribution >= 4 is 23.4 Å². The summed E-state index contributed by atoms with van der Waals surface area (Å²) >= 11 is 0.808. The normalized spacial score (nSPS) is 14.1. The van der Waals surface area contributed by atoms with Gasteiger partial charge in [-0.05, 0) is 36.2 Å². The van der Waals surface area contributed by atoms with Gasteiger partial charge < -0.3 is 14.8 Å². The van der Waals surface area contributed by atoms with Crippen LogP contribution in [0.1, 0.15) is 30.5 Å². The van der Waals surface area contributed by atoms with Gasteiger partial charge >= 0.3 is 6.18 Å². The first-order valence-electron chi connectivity index (χ1n) is 9.36. The number of amides is 1. The quantitative estimate of drug-likeness (QED) is 0.368. The average molecular weight is 456 g/mol. The molecule has 0 saturated carbocycles. The van der Waals surface area contributed by atoms with Crippen LogP contribution in [0.4, 0.5) is 18.9 Å². The zero-order valence-electron chi connectivity index (χ0n) is 16.4. The lowest BCUT2D eigenvalue weighted by molar-refractivity contribution is -0.388. The molecule has 0 saturated heterocycles. The Labute approximate surface area is 180 Å². The fraction of sp³-hybridized carbons (Fsp3) is 0.350. The molecule has 2 aromatic carbocycles. The van der Waals surface area contributed by atoms with E-state index in [1.807, 2.05) is 13.0 Å². The van der Waals surface area contributed by atoms with Crippen molar-refractivity contribution < 1.29 is 32.4 Å². The molecule has 7 nitrogen and oxygen atoms in total. The Morgan fingerprint density at radius 2 is 1.90 bits per heavy atom. The summed E-state index contributed by atoms with van der Waals surface area (Å²) in [6.07, 6.45) is -4.11. The number of rotatable bonds is 7. The van der Waals surface area contributed by atoms with Crippen LogP contribution in [0.2, 0.25) is 0 Å². The zero-order valence-corrected chi connectivity index (χ0v) is 17.2. The van der Waals surface area contributed by atoms with Crippen molar-refractivity contribution in [3.8, 4) is 11.5 Å². The Morgan fingerprint density at radius 1 is 1.19 bits per heavy atom. The molecule has 11 heteroatoms. The first-order valence-corrected chi connectivity index (χ1v) is 10.3. The van der Waals surface area contributed by atoms with Crippen molar-refractivity contribution in [2.75, 3.05) is 19.0 Å².